The van der Waals surface area contributed by atoms with E-state index >= 15 is 0 Å². The van der Waals surface area contributed by atoms with Crippen LogP contribution >= 0.6 is 0 Å². The van der Waals surface area contributed by atoms with Gasteiger partial charge in [-0.3, -0.25) is 9.59 Å². The Hall–Kier alpha value is -1.12. The van der Waals surface area contributed by atoms with Gasteiger partial charge in [-0.15, -0.1) is 0 Å². The van der Waals surface area contributed by atoms with Gasteiger partial charge in [0.1, 0.15) is 0 Å². The Balaban J connectivity index is 2.09. The minimum atomic E-state index is -0.121. The topological polar surface area (TPSA) is 43.4 Å². The van der Waals surface area contributed by atoms with Gasteiger partial charge >= 0.3 is 5.97 Å². The van der Waals surface area contributed by atoms with E-state index in [1.54, 1.807) is 0 Å². The quantitative estimate of drug-likeness (QED) is 0.698. The van der Waals surface area contributed by atoms with Gasteiger partial charge in [-0.05, 0) is 67.8 Å². The summed E-state index contributed by atoms with van der Waals surface area (Å²) in [7, 11) is 1.45. The molecule has 0 heterocycles. The molecule has 0 unspecified atom stereocenters. The molecule has 5 atom stereocenters. The van der Waals surface area contributed by atoms with Crippen molar-refractivity contribution in [3.8, 4) is 0 Å². The number of carbonyl (C=O) groups is 2. The summed E-state index contributed by atoms with van der Waals surface area (Å²) in [6, 6.07) is 0. The molecule has 3 heteroatoms. The number of rotatable bonds is 5. The normalized spacial score (nSPS) is 35.3. The Morgan fingerprint density at radius 2 is 2.13 bits per heavy atom. The van der Waals surface area contributed by atoms with E-state index in [9.17, 15) is 9.59 Å². The van der Waals surface area contributed by atoms with E-state index in [2.05, 4.69) is 27.7 Å². The summed E-state index contributed by atoms with van der Waals surface area (Å²) in [5.74, 6) is 2.19. The first-order valence-electron chi connectivity index (χ1n) is 9.05. The number of fused-ring (bicyclic) bond motifs is 1. The van der Waals surface area contributed by atoms with Crippen LogP contribution in [-0.2, 0) is 14.3 Å². The molecule has 0 N–H and O–H groups in total. The molecule has 2 rings (SSSR count). The van der Waals surface area contributed by atoms with Crippen LogP contribution in [0.3, 0.4) is 0 Å². The highest BCUT2D eigenvalue weighted by Crippen LogP contribution is 2.55. The van der Waals surface area contributed by atoms with Crippen LogP contribution < -0.4 is 0 Å². The fraction of sp³-hybridized carbons (Fsp3) is 0.800. The van der Waals surface area contributed by atoms with Crippen molar-refractivity contribution >= 4 is 11.8 Å². The third kappa shape index (κ3) is 3.87. The lowest BCUT2D eigenvalue weighted by molar-refractivity contribution is -0.141. The highest BCUT2D eigenvalue weighted by molar-refractivity contribution is 5.91. The standard InChI is InChI=1S/C20H32O3/c1-13(10-19(22)23-5)8-9-20(4)15(3)6-7-17-14(2)11-16(21)12-18(17)20/h11,13,15,17-18H,6-10,12H2,1-5H3/t13-,15-,17+,18+,20+/m1/s1. The molecule has 0 spiro atoms. The molecule has 2 aliphatic rings. The first kappa shape index (κ1) is 18.2. The summed E-state index contributed by atoms with van der Waals surface area (Å²) in [5.41, 5.74) is 1.48. The summed E-state index contributed by atoms with van der Waals surface area (Å²) in [6.07, 6.45) is 7.64. The minimum Gasteiger partial charge on any atom is -0.469 e. The fourth-order valence-electron chi connectivity index (χ4n) is 4.80. The predicted molar refractivity (Wildman–Crippen MR) is 91.9 cm³/mol. The number of hydrogen-bond acceptors (Lipinski definition) is 3. The summed E-state index contributed by atoms with van der Waals surface area (Å²) < 4.78 is 4.78. The van der Waals surface area contributed by atoms with E-state index in [1.165, 1.54) is 25.5 Å². The number of carbonyl (C=O) groups excluding carboxylic acids is 2. The van der Waals surface area contributed by atoms with Crippen molar-refractivity contribution in [1.29, 1.82) is 0 Å². The van der Waals surface area contributed by atoms with E-state index in [4.69, 9.17) is 4.74 Å². The molecule has 0 saturated heterocycles. The zero-order chi connectivity index (χ0) is 17.2. The lowest BCUT2D eigenvalue weighted by Crippen LogP contribution is -2.45. The smallest absolute Gasteiger partial charge is 0.305 e. The second kappa shape index (κ2) is 7.19. The van der Waals surface area contributed by atoms with Gasteiger partial charge in [0.05, 0.1) is 7.11 Å². The van der Waals surface area contributed by atoms with Gasteiger partial charge in [-0.1, -0.05) is 26.3 Å². The van der Waals surface area contributed by atoms with Gasteiger partial charge < -0.3 is 4.74 Å². The summed E-state index contributed by atoms with van der Waals surface area (Å²) in [6.45, 7) is 8.98. The lowest BCUT2D eigenvalue weighted by Gasteiger charge is -2.52. The molecule has 23 heavy (non-hydrogen) atoms. The second-order valence-electron chi connectivity index (χ2n) is 8.18. The largest absolute Gasteiger partial charge is 0.469 e. The van der Waals surface area contributed by atoms with E-state index in [0.29, 0.717) is 42.3 Å². The first-order valence-corrected chi connectivity index (χ1v) is 9.05. The zero-order valence-corrected chi connectivity index (χ0v) is 15.4. The van der Waals surface area contributed by atoms with E-state index < -0.39 is 0 Å². The van der Waals surface area contributed by atoms with Crippen molar-refractivity contribution < 1.29 is 14.3 Å². The van der Waals surface area contributed by atoms with E-state index in [0.717, 1.165) is 12.8 Å². The van der Waals surface area contributed by atoms with Crippen LogP contribution in [0.4, 0.5) is 0 Å². The van der Waals surface area contributed by atoms with Crippen molar-refractivity contribution in [2.75, 3.05) is 7.11 Å². The lowest BCUT2D eigenvalue weighted by atomic mass is 9.52. The molecule has 1 saturated carbocycles. The van der Waals surface area contributed by atoms with Crippen LogP contribution in [0.2, 0.25) is 0 Å². The zero-order valence-electron chi connectivity index (χ0n) is 15.4. The van der Waals surface area contributed by atoms with Crippen LogP contribution in [0.1, 0.15) is 66.2 Å². The first-order chi connectivity index (χ1) is 10.8. The van der Waals surface area contributed by atoms with Crippen molar-refractivity contribution in [1.82, 2.24) is 0 Å². The van der Waals surface area contributed by atoms with Gasteiger partial charge in [0.25, 0.3) is 0 Å². The maximum absolute atomic E-state index is 12.1. The van der Waals surface area contributed by atoms with Gasteiger partial charge in [0.15, 0.2) is 5.78 Å². The van der Waals surface area contributed by atoms with Crippen LogP contribution in [0.15, 0.2) is 11.6 Å². The van der Waals surface area contributed by atoms with Crippen LogP contribution in [0.25, 0.3) is 0 Å². The highest BCUT2D eigenvalue weighted by atomic mass is 16.5. The van der Waals surface area contributed by atoms with Crippen molar-refractivity contribution in [3.63, 3.8) is 0 Å². The molecule has 0 radical (unpaired) electrons. The second-order valence-corrected chi connectivity index (χ2v) is 8.18. The van der Waals surface area contributed by atoms with Crippen molar-refractivity contribution in [3.05, 3.63) is 11.6 Å². The van der Waals surface area contributed by atoms with Crippen LogP contribution in [-0.4, -0.2) is 18.9 Å². The third-order valence-corrected chi connectivity index (χ3v) is 6.68. The Kier molecular flexibility index (Phi) is 5.70. The molecule has 130 valence electrons. The molecular weight excluding hydrogens is 288 g/mol. The maximum Gasteiger partial charge on any atom is 0.305 e. The Morgan fingerprint density at radius 1 is 1.43 bits per heavy atom. The predicted octanol–water partition coefficient (Wildman–Crippen LogP) is 4.55. The average molecular weight is 320 g/mol. The van der Waals surface area contributed by atoms with Crippen LogP contribution in [0.5, 0.6) is 0 Å². The summed E-state index contributed by atoms with van der Waals surface area (Å²) in [5, 5.41) is 0. The number of allylic oxidation sites excluding steroid dienone is 2. The van der Waals surface area contributed by atoms with Crippen molar-refractivity contribution in [2.24, 2.45) is 29.1 Å². The van der Waals surface area contributed by atoms with Crippen LogP contribution in [0, 0.1) is 29.1 Å². The molecule has 0 aliphatic heterocycles. The summed E-state index contributed by atoms with van der Waals surface area (Å²) in [4.78, 5) is 23.6. The van der Waals surface area contributed by atoms with Gasteiger partial charge in [0.2, 0.25) is 0 Å². The number of esters is 1. The molecule has 0 aromatic rings. The molecule has 0 bridgehead atoms. The van der Waals surface area contributed by atoms with E-state index in [-0.39, 0.29) is 11.4 Å². The summed E-state index contributed by atoms with van der Waals surface area (Å²) >= 11 is 0. The van der Waals surface area contributed by atoms with Gasteiger partial charge in [0, 0.05) is 12.8 Å². The third-order valence-electron chi connectivity index (χ3n) is 6.68. The van der Waals surface area contributed by atoms with Gasteiger partial charge in [-0.25, -0.2) is 0 Å². The average Bonchev–Trinajstić information content (AvgIpc) is 2.49. The highest BCUT2D eigenvalue weighted by Gasteiger charge is 2.48. The Bertz CT molecular complexity index is 493. The molecule has 1 fully saturated rings. The molecule has 0 aromatic heterocycles. The molecular formula is C20H32O3. The molecule has 3 nitrogen and oxygen atoms in total. The molecule has 0 amide bonds. The Morgan fingerprint density at radius 3 is 2.78 bits per heavy atom. The fourth-order valence-corrected chi connectivity index (χ4v) is 4.80. The maximum atomic E-state index is 12.1. The SMILES string of the molecule is COC(=O)C[C@H](C)CC[C@@]1(C)[C@H](C)CC[C@H]2C(C)=CC(=O)C[C@@H]21. The number of methoxy groups -OCH3 is 1. The Labute approximate surface area is 140 Å². The van der Waals surface area contributed by atoms with Gasteiger partial charge in [-0.2, -0.15) is 0 Å². The van der Waals surface area contributed by atoms with Crippen molar-refractivity contribution in [2.45, 2.75) is 66.2 Å². The monoisotopic (exact) mass is 320 g/mol. The van der Waals surface area contributed by atoms with E-state index in [1.807, 2.05) is 6.08 Å². The minimum absolute atomic E-state index is 0.121. The molecule has 0 aromatic carbocycles. The number of ether oxygens (including phenoxy) is 1. The number of hydrogen-bond donors (Lipinski definition) is 0. The molecule has 2 aliphatic carbocycles. The number of ketones is 1.